The second-order valence-corrected chi connectivity index (χ2v) is 4.76. The molecule has 0 aliphatic carbocycles. The summed E-state index contributed by atoms with van der Waals surface area (Å²) >= 11 is 0. The number of hydrogen-bond acceptors (Lipinski definition) is 3. The van der Waals surface area contributed by atoms with Gasteiger partial charge in [0.1, 0.15) is 24.2 Å². The summed E-state index contributed by atoms with van der Waals surface area (Å²) in [5.41, 5.74) is 1.96. The van der Waals surface area contributed by atoms with E-state index in [-0.39, 0.29) is 6.10 Å². The Hall–Kier alpha value is -2.00. The highest BCUT2D eigenvalue weighted by molar-refractivity contribution is 5.38. The fourth-order valence-corrected chi connectivity index (χ4v) is 2.21. The number of ether oxygens (including phenoxy) is 2. The molecule has 0 radical (unpaired) electrons. The van der Waals surface area contributed by atoms with E-state index in [2.05, 4.69) is 0 Å². The van der Waals surface area contributed by atoms with E-state index >= 15 is 0 Å². The summed E-state index contributed by atoms with van der Waals surface area (Å²) < 4.78 is 11.4. The van der Waals surface area contributed by atoms with Crippen LogP contribution in [0.3, 0.4) is 0 Å². The van der Waals surface area contributed by atoms with Crippen molar-refractivity contribution in [2.45, 2.75) is 19.1 Å². The molecule has 0 spiro atoms. The van der Waals surface area contributed by atoms with Gasteiger partial charge in [0, 0.05) is 5.56 Å². The van der Waals surface area contributed by atoms with Crippen LogP contribution in [-0.4, -0.2) is 17.8 Å². The Kier molecular flexibility index (Phi) is 3.13. The third-order valence-electron chi connectivity index (χ3n) is 3.30. The average Bonchev–Trinajstić information content (AvgIpc) is 2.45. The smallest absolute Gasteiger partial charge is 0.163 e. The predicted molar refractivity (Wildman–Crippen MR) is 72.5 cm³/mol. The summed E-state index contributed by atoms with van der Waals surface area (Å²) in [6, 6.07) is 15.3. The van der Waals surface area contributed by atoms with Crippen molar-refractivity contribution >= 4 is 0 Å². The van der Waals surface area contributed by atoms with Crippen LogP contribution < -0.4 is 9.47 Å². The fraction of sp³-hybridized carbons (Fsp3) is 0.250. The molecular formula is C16H16O3. The van der Waals surface area contributed by atoms with E-state index in [1.807, 2.05) is 55.5 Å². The molecule has 98 valence electrons. The first-order valence-electron chi connectivity index (χ1n) is 6.37. The lowest BCUT2D eigenvalue weighted by Crippen LogP contribution is -2.35. The zero-order valence-electron chi connectivity index (χ0n) is 10.7. The van der Waals surface area contributed by atoms with Gasteiger partial charge in [0.25, 0.3) is 0 Å². The van der Waals surface area contributed by atoms with E-state index in [0.29, 0.717) is 6.61 Å². The highest BCUT2D eigenvalue weighted by Crippen LogP contribution is 2.33. The minimum Gasteiger partial charge on any atom is -0.489 e. The lowest BCUT2D eigenvalue weighted by molar-refractivity contribution is -0.0102. The van der Waals surface area contributed by atoms with Gasteiger partial charge < -0.3 is 14.6 Å². The number of aryl methyl sites for hydroxylation is 1. The highest BCUT2D eigenvalue weighted by Gasteiger charge is 2.30. The molecule has 2 aromatic carbocycles. The molecule has 1 heterocycles. The van der Waals surface area contributed by atoms with Gasteiger partial charge in [-0.3, -0.25) is 0 Å². The van der Waals surface area contributed by atoms with Crippen LogP contribution in [0.5, 0.6) is 11.5 Å². The standard InChI is InChI=1S/C16H16O3/c1-11-6-8-12(9-7-11)19-15-10-18-14-5-3-2-4-13(14)16(15)17/h2-9,15-17H,10H2,1H3. The molecule has 19 heavy (non-hydrogen) atoms. The molecule has 0 fully saturated rings. The number of benzene rings is 2. The topological polar surface area (TPSA) is 38.7 Å². The number of hydrogen-bond donors (Lipinski definition) is 1. The van der Waals surface area contributed by atoms with Crippen molar-refractivity contribution in [3.8, 4) is 11.5 Å². The third kappa shape index (κ3) is 2.42. The number of rotatable bonds is 2. The molecule has 0 amide bonds. The van der Waals surface area contributed by atoms with Crippen LogP contribution in [0, 0.1) is 6.92 Å². The predicted octanol–water partition coefficient (Wildman–Crippen LogP) is 2.87. The van der Waals surface area contributed by atoms with Gasteiger partial charge in [-0.25, -0.2) is 0 Å². The zero-order valence-corrected chi connectivity index (χ0v) is 10.7. The third-order valence-corrected chi connectivity index (χ3v) is 3.30. The molecule has 0 aromatic heterocycles. The van der Waals surface area contributed by atoms with Crippen LogP contribution in [0.15, 0.2) is 48.5 Å². The molecule has 1 N–H and O–H groups in total. The molecule has 3 rings (SSSR count). The van der Waals surface area contributed by atoms with Gasteiger partial charge in [-0.1, -0.05) is 35.9 Å². The van der Waals surface area contributed by atoms with Crippen LogP contribution >= 0.6 is 0 Å². The van der Waals surface area contributed by atoms with Crippen molar-refractivity contribution in [2.75, 3.05) is 6.61 Å². The maximum atomic E-state index is 10.3. The van der Waals surface area contributed by atoms with Crippen LogP contribution in [-0.2, 0) is 0 Å². The maximum Gasteiger partial charge on any atom is 0.163 e. The van der Waals surface area contributed by atoms with Gasteiger partial charge in [-0.2, -0.15) is 0 Å². The van der Waals surface area contributed by atoms with E-state index in [1.54, 1.807) is 0 Å². The Bertz CT molecular complexity index is 562. The van der Waals surface area contributed by atoms with E-state index in [0.717, 1.165) is 17.1 Å². The Labute approximate surface area is 112 Å². The molecule has 2 unspecified atom stereocenters. The number of fused-ring (bicyclic) bond motifs is 1. The van der Waals surface area contributed by atoms with Gasteiger partial charge in [0.15, 0.2) is 6.10 Å². The van der Waals surface area contributed by atoms with Crippen molar-refractivity contribution in [2.24, 2.45) is 0 Å². The van der Waals surface area contributed by atoms with Crippen molar-refractivity contribution in [3.63, 3.8) is 0 Å². The molecule has 2 atom stereocenters. The molecule has 1 aliphatic heterocycles. The van der Waals surface area contributed by atoms with Gasteiger partial charge in [0.2, 0.25) is 0 Å². The number of aliphatic hydroxyl groups is 1. The first-order valence-corrected chi connectivity index (χ1v) is 6.37. The molecule has 3 heteroatoms. The van der Waals surface area contributed by atoms with Crippen molar-refractivity contribution in [1.82, 2.24) is 0 Å². The zero-order chi connectivity index (χ0) is 13.2. The first kappa shape index (κ1) is 12.1. The quantitative estimate of drug-likeness (QED) is 0.898. The largest absolute Gasteiger partial charge is 0.489 e. The number of para-hydroxylation sites is 1. The summed E-state index contributed by atoms with van der Waals surface area (Å²) in [6.07, 6.45) is -1.04. The van der Waals surface area contributed by atoms with E-state index in [9.17, 15) is 5.11 Å². The molecular weight excluding hydrogens is 240 g/mol. The van der Waals surface area contributed by atoms with Gasteiger partial charge in [0.05, 0.1) is 0 Å². The van der Waals surface area contributed by atoms with E-state index in [4.69, 9.17) is 9.47 Å². The highest BCUT2D eigenvalue weighted by atomic mass is 16.5. The summed E-state index contributed by atoms with van der Waals surface area (Å²) in [7, 11) is 0. The molecule has 1 aliphatic rings. The summed E-state index contributed by atoms with van der Waals surface area (Å²) in [4.78, 5) is 0. The molecule has 0 saturated carbocycles. The Morgan fingerprint density at radius 2 is 1.84 bits per heavy atom. The first-order chi connectivity index (χ1) is 9.24. The summed E-state index contributed by atoms with van der Waals surface area (Å²) in [5.74, 6) is 1.48. The Morgan fingerprint density at radius 3 is 2.63 bits per heavy atom. The molecule has 2 aromatic rings. The van der Waals surface area contributed by atoms with Crippen LogP contribution in [0.2, 0.25) is 0 Å². The second-order valence-electron chi connectivity index (χ2n) is 4.76. The average molecular weight is 256 g/mol. The van der Waals surface area contributed by atoms with Gasteiger partial charge in [-0.15, -0.1) is 0 Å². The van der Waals surface area contributed by atoms with Gasteiger partial charge >= 0.3 is 0 Å². The Balaban J connectivity index is 1.79. The summed E-state index contributed by atoms with van der Waals surface area (Å²) in [5, 5.41) is 10.3. The normalized spacial score (nSPS) is 21.4. The summed E-state index contributed by atoms with van der Waals surface area (Å²) in [6.45, 7) is 2.38. The maximum absolute atomic E-state index is 10.3. The Morgan fingerprint density at radius 1 is 1.11 bits per heavy atom. The molecule has 0 bridgehead atoms. The lowest BCUT2D eigenvalue weighted by atomic mass is 10.0. The molecule has 3 nitrogen and oxygen atoms in total. The molecule has 0 saturated heterocycles. The SMILES string of the molecule is Cc1ccc(OC2COc3ccccc3C2O)cc1. The second kappa shape index (κ2) is 4.94. The van der Waals surface area contributed by atoms with E-state index < -0.39 is 6.10 Å². The monoisotopic (exact) mass is 256 g/mol. The number of aliphatic hydroxyl groups excluding tert-OH is 1. The van der Waals surface area contributed by atoms with Gasteiger partial charge in [-0.05, 0) is 25.1 Å². The minimum atomic E-state index is -0.661. The lowest BCUT2D eigenvalue weighted by Gasteiger charge is -2.30. The van der Waals surface area contributed by atoms with Crippen molar-refractivity contribution in [1.29, 1.82) is 0 Å². The van der Waals surface area contributed by atoms with Crippen LogP contribution in [0.4, 0.5) is 0 Å². The van der Waals surface area contributed by atoms with Crippen LogP contribution in [0.25, 0.3) is 0 Å². The van der Waals surface area contributed by atoms with Crippen LogP contribution in [0.1, 0.15) is 17.2 Å². The van der Waals surface area contributed by atoms with Crippen molar-refractivity contribution < 1.29 is 14.6 Å². The van der Waals surface area contributed by atoms with E-state index in [1.165, 1.54) is 5.56 Å². The van der Waals surface area contributed by atoms with Crippen molar-refractivity contribution in [3.05, 3.63) is 59.7 Å². The minimum absolute atomic E-state index is 0.353. The fourth-order valence-electron chi connectivity index (χ4n) is 2.21.